The molecule has 2 aromatic rings. The summed E-state index contributed by atoms with van der Waals surface area (Å²) in [5.74, 6) is 0.450. The molecule has 0 aliphatic carbocycles. The molecule has 0 aliphatic rings. The van der Waals surface area contributed by atoms with Crippen LogP contribution in [0.2, 0.25) is 5.02 Å². The molecule has 0 amide bonds. The van der Waals surface area contributed by atoms with E-state index in [0.717, 1.165) is 18.2 Å². The molecular weight excluding hydrogens is 300 g/mol. The van der Waals surface area contributed by atoms with Crippen LogP contribution in [-0.2, 0) is 22.0 Å². The van der Waals surface area contributed by atoms with E-state index in [1.165, 1.54) is 0 Å². The van der Waals surface area contributed by atoms with Gasteiger partial charge < -0.3 is 4.52 Å². The Morgan fingerprint density at radius 3 is 2.55 bits per heavy atom. The van der Waals surface area contributed by atoms with Crippen LogP contribution in [0.5, 0.6) is 0 Å². The van der Waals surface area contributed by atoms with Gasteiger partial charge >= 0.3 is 0 Å². The first kappa shape index (κ1) is 15.0. The molecule has 1 atom stereocenters. The Hall–Kier alpha value is -1.40. The lowest BCUT2D eigenvalue weighted by Crippen LogP contribution is -2.03. The van der Waals surface area contributed by atoms with Gasteiger partial charge in [-0.15, -0.1) is 0 Å². The quantitative estimate of drug-likeness (QED) is 0.848. The van der Waals surface area contributed by atoms with E-state index in [1.54, 1.807) is 0 Å². The number of aromatic nitrogens is 2. The van der Waals surface area contributed by atoms with Crippen LogP contribution in [0.1, 0.15) is 30.1 Å². The van der Waals surface area contributed by atoms with Crippen molar-refractivity contribution in [1.29, 1.82) is 0 Å². The van der Waals surface area contributed by atoms with E-state index in [0.29, 0.717) is 10.8 Å². The highest BCUT2D eigenvalue weighted by Crippen LogP contribution is 2.19. The van der Waals surface area contributed by atoms with E-state index >= 15 is 0 Å². The zero-order valence-electron chi connectivity index (χ0n) is 11.2. The lowest BCUT2D eigenvalue weighted by atomic mass is 10.0. The number of hydrogen-bond acceptors (Lipinski definition) is 5. The average Bonchev–Trinajstić information content (AvgIpc) is 2.78. The molecule has 0 saturated heterocycles. The van der Waals surface area contributed by atoms with Crippen LogP contribution in [0.4, 0.5) is 0 Å². The molecule has 0 fully saturated rings. The van der Waals surface area contributed by atoms with Gasteiger partial charge in [0, 0.05) is 17.2 Å². The summed E-state index contributed by atoms with van der Waals surface area (Å²) in [6, 6.07) is 7.54. The molecule has 0 N–H and O–H groups in total. The topological polar surface area (TPSA) is 73.1 Å². The van der Waals surface area contributed by atoms with Crippen LogP contribution in [-0.4, -0.2) is 24.8 Å². The smallest absolute Gasteiger partial charge is 0.241 e. The zero-order chi connectivity index (χ0) is 14.8. The Kier molecular flexibility index (Phi) is 4.45. The molecule has 108 valence electrons. The number of rotatable bonds is 5. The van der Waals surface area contributed by atoms with Crippen molar-refractivity contribution >= 4 is 21.4 Å². The molecule has 0 saturated carbocycles. The molecule has 20 heavy (non-hydrogen) atoms. The predicted octanol–water partition coefficient (Wildman–Crippen LogP) is 2.61. The van der Waals surface area contributed by atoms with Crippen molar-refractivity contribution in [2.75, 3.05) is 6.26 Å². The van der Waals surface area contributed by atoms with Crippen molar-refractivity contribution in [3.05, 3.63) is 46.6 Å². The number of halogens is 1. The molecule has 0 spiro atoms. The van der Waals surface area contributed by atoms with Crippen molar-refractivity contribution in [3.63, 3.8) is 0 Å². The molecular formula is C13H15ClN2O3S. The van der Waals surface area contributed by atoms with Crippen LogP contribution in [0.15, 0.2) is 28.8 Å². The molecule has 2 rings (SSSR count). The Balaban J connectivity index is 2.06. The molecule has 0 aliphatic heterocycles. The fraction of sp³-hybridized carbons (Fsp3) is 0.385. The summed E-state index contributed by atoms with van der Waals surface area (Å²) >= 11 is 5.83. The highest BCUT2D eigenvalue weighted by atomic mass is 35.5. The van der Waals surface area contributed by atoms with Crippen LogP contribution >= 0.6 is 11.6 Å². The lowest BCUT2D eigenvalue weighted by Gasteiger charge is -2.06. The van der Waals surface area contributed by atoms with Gasteiger partial charge in [-0.3, -0.25) is 0 Å². The fourth-order valence-electron chi connectivity index (χ4n) is 1.82. The van der Waals surface area contributed by atoms with E-state index in [2.05, 4.69) is 10.1 Å². The third-order valence-corrected chi connectivity index (χ3v) is 3.79. The van der Waals surface area contributed by atoms with Crippen LogP contribution in [0, 0.1) is 0 Å². The van der Waals surface area contributed by atoms with Crippen LogP contribution < -0.4 is 0 Å². The standard InChI is InChI=1S/C13H15ClN2O3S/c1-9(7-10-3-5-11(14)6-4-10)13-15-12(19-16-13)8-20(2,17)18/h3-6,9H,7-8H2,1-2H3/t9-/m0/s1. The largest absolute Gasteiger partial charge is 0.338 e. The fourth-order valence-corrected chi connectivity index (χ4v) is 2.51. The molecule has 5 nitrogen and oxygen atoms in total. The number of nitrogens with zero attached hydrogens (tertiary/aromatic N) is 2. The summed E-state index contributed by atoms with van der Waals surface area (Å²) in [7, 11) is -3.16. The van der Waals surface area contributed by atoms with Crippen LogP contribution in [0.3, 0.4) is 0 Å². The maximum atomic E-state index is 11.2. The van der Waals surface area contributed by atoms with Gasteiger partial charge in [0.1, 0.15) is 5.75 Å². The summed E-state index contributed by atoms with van der Waals surface area (Å²) in [6.07, 6.45) is 1.86. The van der Waals surface area contributed by atoms with Crippen molar-refractivity contribution < 1.29 is 12.9 Å². The second-order valence-electron chi connectivity index (χ2n) is 4.85. The van der Waals surface area contributed by atoms with E-state index < -0.39 is 9.84 Å². The van der Waals surface area contributed by atoms with Crippen molar-refractivity contribution in [2.24, 2.45) is 0 Å². The Morgan fingerprint density at radius 2 is 1.95 bits per heavy atom. The van der Waals surface area contributed by atoms with Crippen molar-refractivity contribution in [1.82, 2.24) is 10.1 Å². The van der Waals surface area contributed by atoms with Gasteiger partial charge in [-0.1, -0.05) is 35.8 Å². The number of hydrogen-bond donors (Lipinski definition) is 0. The molecule has 1 aromatic carbocycles. The normalized spacial score (nSPS) is 13.3. The first-order valence-corrected chi connectivity index (χ1v) is 8.52. The number of benzene rings is 1. The Bertz CT molecular complexity index is 680. The monoisotopic (exact) mass is 314 g/mol. The minimum absolute atomic E-state index is 0.0354. The summed E-state index contributed by atoms with van der Waals surface area (Å²) in [4.78, 5) is 4.13. The zero-order valence-corrected chi connectivity index (χ0v) is 12.8. The lowest BCUT2D eigenvalue weighted by molar-refractivity contribution is 0.379. The van der Waals surface area contributed by atoms with E-state index in [-0.39, 0.29) is 17.6 Å². The Labute approximate surface area is 122 Å². The van der Waals surface area contributed by atoms with Gasteiger partial charge in [0.15, 0.2) is 15.7 Å². The molecule has 0 unspecified atom stereocenters. The minimum atomic E-state index is -3.16. The first-order valence-electron chi connectivity index (χ1n) is 6.08. The molecule has 0 radical (unpaired) electrons. The summed E-state index contributed by atoms with van der Waals surface area (Å²) in [6.45, 7) is 1.96. The molecule has 0 bridgehead atoms. The summed E-state index contributed by atoms with van der Waals surface area (Å²) in [5.41, 5.74) is 1.11. The highest BCUT2D eigenvalue weighted by molar-refractivity contribution is 7.89. The minimum Gasteiger partial charge on any atom is -0.338 e. The average molecular weight is 315 g/mol. The van der Waals surface area contributed by atoms with Gasteiger partial charge in [-0.25, -0.2) is 8.42 Å². The molecule has 1 heterocycles. The SMILES string of the molecule is C[C@@H](Cc1ccc(Cl)cc1)c1noc(CS(C)(=O)=O)n1. The number of sulfone groups is 1. The second-order valence-corrected chi connectivity index (χ2v) is 7.42. The van der Waals surface area contributed by atoms with Gasteiger partial charge in [-0.05, 0) is 24.1 Å². The maximum Gasteiger partial charge on any atom is 0.241 e. The van der Waals surface area contributed by atoms with Gasteiger partial charge in [0.25, 0.3) is 0 Å². The van der Waals surface area contributed by atoms with Gasteiger partial charge in [0.05, 0.1) is 0 Å². The highest BCUT2D eigenvalue weighted by Gasteiger charge is 2.17. The molecule has 1 aromatic heterocycles. The van der Waals surface area contributed by atoms with Gasteiger partial charge in [-0.2, -0.15) is 4.98 Å². The third kappa shape index (κ3) is 4.31. The van der Waals surface area contributed by atoms with E-state index in [9.17, 15) is 8.42 Å². The predicted molar refractivity (Wildman–Crippen MR) is 76.4 cm³/mol. The first-order chi connectivity index (χ1) is 9.33. The molecule has 7 heteroatoms. The third-order valence-electron chi connectivity index (χ3n) is 2.77. The second kappa shape index (κ2) is 5.93. The maximum absolute atomic E-state index is 11.2. The van der Waals surface area contributed by atoms with Crippen molar-refractivity contribution in [2.45, 2.75) is 25.0 Å². The van der Waals surface area contributed by atoms with Crippen LogP contribution in [0.25, 0.3) is 0 Å². The van der Waals surface area contributed by atoms with E-state index in [4.69, 9.17) is 16.1 Å². The summed E-state index contributed by atoms with van der Waals surface area (Å²) in [5, 5.41) is 4.53. The summed E-state index contributed by atoms with van der Waals surface area (Å²) < 4.78 is 27.3. The van der Waals surface area contributed by atoms with E-state index in [1.807, 2.05) is 31.2 Å². The van der Waals surface area contributed by atoms with Crippen molar-refractivity contribution in [3.8, 4) is 0 Å². The van der Waals surface area contributed by atoms with Gasteiger partial charge in [0.2, 0.25) is 5.89 Å². The Morgan fingerprint density at radius 1 is 1.30 bits per heavy atom.